The van der Waals surface area contributed by atoms with E-state index in [0.29, 0.717) is 5.56 Å². The van der Waals surface area contributed by atoms with Crippen molar-refractivity contribution in [2.24, 2.45) is 0 Å². The predicted octanol–water partition coefficient (Wildman–Crippen LogP) is 3.60. The zero-order chi connectivity index (χ0) is 15.0. The van der Waals surface area contributed by atoms with Crippen molar-refractivity contribution < 1.29 is 9.50 Å². The summed E-state index contributed by atoms with van der Waals surface area (Å²) in [4.78, 5) is 2.24. The third-order valence-electron chi connectivity index (χ3n) is 4.15. The third-order valence-corrected chi connectivity index (χ3v) is 4.15. The highest BCUT2D eigenvalue weighted by atomic mass is 19.1. The Morgan fingerprint density at radius 3 is 2.71 bits per heavy atom. The molecule has 2 aromatic carbocycles. The molecule has 0 aromatic heterocycles. The molecule has 3 heteroatoms. The van der Waals surface area contributed by atoms with Crippen LogP contribution in [0.1, 0.15) is 34.8 Å². The number of aliphatic hydroxyl groups is 1. The fraction of sp³-hybridized carbons (Fsp3) is 0.333. The van der Waals surface area contributed by atoms with Crippen LogP contribution < -0.4 is 4.90 Å². The molecule has 0 bridgehead atoms. The number of aryl methyl sites for hydroxylation is 2. The van der Waals surface area contributed by atoms with E-state index in [1.54, 1.807) is 0 Å². The lowest BCUT2D eigenvalue weighted by Crippen LogP contribution is -2.24. The van der Waals surface area contributed by atoms with Crippen LogP contribution in [0.15, 0.2) is 36.4 Å². The molecule has 2 aromatic rings. The van der Waals surface area contributed by atoms with Crippen molar-refractivity contribution in [1.29, 1.82) is 0 Å². The van der Waals surface area contributed by atoms with Gasteiger partial charge in [-0.25, -0.2) is 4.39 Å². The molecule has 0 spiro atoms. The monoisotopic (exact) mass is 285 g/mol. The first-order valence-electron chi connectivity index (χ1n) is 7.34. The van der Waals surface area contributed by atoms with E-state index in [0.717, 1.165) is 30.5 Å². The summed E-state index contributed by atoms with van der Waals surface area (Å²) in [7, 11) is 2.09. The Morgan fingerprint density at radius 2 is 1.95 bits per heavy atom. The number of fused-ring (bicyclic) bond motifs is 1. The van der Waals surface area contributed by atoms with Gasteiger partial charge in [0, 0.05) is 19.3 Å². The molecule has 0 amide bonds. The molecular weight excluding hydrogens is 265 g/mol. The molecule has 110 valence electrons. The van der Waals surface area contributed by atoms with E-state index >= 15 is 0 Å². The lowest BCUT2D eigenvalue weighted by Gasteiger charge is -2.28. The van der Waals surface area contributed by atoms with Gasteiger partial charge in [0.25, 0.3) is 0 Å². The number of rotatable bonds is 2. The van der Waals surface area contributed by atoms with Gasteiger partial charge in [0.15, 0.2) is 0 Å². The van der Waals surface area contributed by atoms with E-state index < -0.39 is 6.10 Å². The van der Waals surface area contributed by atoms with Crippen molar-refractivity contribution in [2.45, 2.75) is 25.9 Å². The molecule has 21 heavy (non-hydrogen) atoms. The maximum Gasteiger partial charge on any atom is 0.123 e. The van der Waals surface area contributed by atoms with Gasteiger partial charge in [-0.2, -0.15) is 0 Å². The summed E-state index contributed by atoms with van der Waals surface area (Å²) in [6.07, 6.45) is 1.38. The Morgan fingerprint density at radius 1 is 1.14 bits per heavy atom. The molecule has 0 aliphatic carbocycles. The highest BCUT2D eigenvalue weighted by molar-refractivity contribution is 5.57. The Hall–Kier alpha value is -1.87. The summed E-state index contributed by atoms with van der Waals surface area (Å²) < 4.78 is 13.5. The van der Waals surface area contributed by atoms with Gasteiger partial charge in [-0.05, 0) is 60.2 Å². The molecule has 1 heterocycles. The van der Waals surface area contributed by atoms with E-state index in [1.165, 1.54) is 23.4 Å². The number of benzene rings is 2. The quantitative estimate of drug-likeness (QED) is 0.911. The Labute approximate surface area is 124 Å². The van der Waals surface area contributed by atoms with Crippen LogP contribution in [0.3, 0.4) is 0 Å². The first kappa shape index (κ1) is 14.1. The van der Waals surface area contributed by atoms with Gasteiger partial charge >= 0.3 is 0 Å². The minimum Gasteiger partial charge on any atom is -0.384 e. The zero-order valence-electron chi connectivity index (χ0n) is 12.4. The largest absolute Gasteiger partial charge is 0.384 e. The van der Waals surface area contributed by atoms with E-state index in [4.69, 9.17) is 0 Å². The van der Waals surface area contributed by atoms with Gasteiger partial charge in [-0.15, -0.1) is 0 Å². The van der Waals surface area contributed by atoms with Crippen molar-refractivity contribution in [1.82, 2.24) is 0 Å². The minimum absolute atomic E-state index is 0.304. The van der Waals surface area contributed by atoms with Crippen molar-refractivity contribution in [3.63, 3.8) is 0 Å². The summed E-state index contributed by atoms with van der Waals surface area (Å²) in [6.45, 7) is 2.90. The van der Waals surface area contributed by atoms with Crippen molar-refractivity contribution in [3.8, 4) is 0 Å². The summed E-state index contributed by atoms with van der Waals surface area (Å²) in [5, 5.41) is 10.5. The fourth-order valence-corrected chi connectivity index (χ4v) is 3.09. The van der Waals surface area contributed by atoms with Crippen molar-refractivity contribution in [3.05, 3.63) is 64.5 Å². The number of anilines is 1. The Balaban J connectivity index is 1.96. The van der Waals surface area contributed by atoms with Crippen molar-refractivity contribution >= 4 is 5.69 Å². The molecule has 0 saturated carbocycles. The molecule has 1 unspecified atom stereocenters. The van der Waals surface area contributed by atoms with Crippen LogP contribution in [0.5, 0.6) is 0 Å². The maximum absolute atomic E-state index is 13.5. The van der Waals surface area contributed by atoms with E-state index in [2.05, 4.69) is 24.1 Å². The lowest BCUT2D eigenvalue weighted by atomic mass is 9.94. The molecule has 0 radical (unpaired) electrons. The summed E-state index contributed by atoms with van der Waals surface area (Å²) in [5.74, 6) is -0.304. The zero-order valence-corrected chi connectivity index (χ0v) is 12.4. The first-order chi connectivity index (χ1) is 10.0. The van der Waals surface area contributed by atoms with Gasteiger partial charge in [0.05, 0.1) is 0 Å². The van der Waals surface area contributed by atoms with Crippen LogP contribution in [0.4, 0.5) is 10.1 Å². The van der Waals surface area contributed by atoms with Crippen LogP contribution >= 0.6 is 0 Å². The van der Waals surface area contributed by atoms with Crippen molar-refractivity contribution in [2.75, 3.05) is 18.5 Å². The minimum atomic E-state index is -0.781. The first-order valence-corrected chi connectivity index (χ1v) is 7.34. The third kappa shape index (κ3) is 2.79. The normalized spacial score (nSPS) is 15.7. The second-order valence-electron chi connectivity index (χ2n) is 5.88. The van der Waals surface area contributed by atoms with Crippen LogP contribution in [0.25, 0.3) is 0 Å². The Bertz CT molecular complexity index is 648. The van der Waals surface area contributed by atoms with E-state index in [-0.39, 0.29) is 5.82 Å². The summed E-state index contributed by atoms with van der Waals surface area (Å²) in [6, 6.07) is 10.8. The molecule has 0 saturated heterocycles. The van der Waals surface area contributed by atoms with Gasteiger partial charge in [0.2, 0.25) is 0 Å². The number of hydrogen-bond donors (Lipinski definition) is 1. The molecular formula is C18H20FNO. The number of nitrogens with zero attached hydrogens (tertiary/aromatic N) is 1. The lowest BCUT2D eigenvalue weighted by molar-refractivity contribution is 0.219. The molecule has 3 rings (SSSR count). The van der Waals surface area contributed by atoms with Gasteiger partial charge in [0.1, 0.15) is 11.9 Å². The molecule has 1 aliphatic rings. The number of aliphatic hydroxyl groups excluding tert-OH is 1. The van der Waals surface area contributed by atoms with Crippen LogP contribution in [-0.2, 0) is 6.42 Å². The highest BCUT2D eigenvalue weighted by Crippen LogP contribution is 2.31. The number of hydrogen-bond acceptors (Lipinski definition) is 2. The SMILES string of the molecule is Cc1cc(F)cc(C(O)c2ccc3c(c2)CCCN3C)c1. The van der Waals surface area contributed by atoms with E-state index in [9.17, 15) is 9.50 Å². The molecule has 2 nitrogen and oxygen atoms in total. The standard InChI is InChI=1S/C18H20FNO/c1-12-8-15(11-16(19)9-12)18(21)14-5-6-17-13(10-14)4-3-7-20(17)2/h5-6,8-11,18,21H,3-4,7H2,1-2H3. The Kier molecular flexibility index (Phi) is 3.68. The van der Waals surface area contributed by atoms with Crippen LogP contribution in [-0.4, -0.2) is 18.7 Å². The predicted molar refractivity (Wildman–Crippen MR) is 83.2 cm³/mol. The van der Waals surface area contributed by atoms with E-state index in [1.807, 2.05) is 19.1 Å². The second kappa shape index (κ2) is 5.49. The van der Waals surface area contributed by atoms with Crippen LogP contribution in [0, 0.1) is 12.7 Å². The molecule has 1 aliphatic heterocycles. The highest BCUT2D eigenvalue weighted by Gasteiger charge is 2.17. The van der Waals surface area contributed by atoms with Gasteiger partial charge < -0.3 is 10.0 Å². The number of halogens is 1. The summed E-state index contributed by atoms with van der Waals surface area (Å²) >= 11 is 0. The van der Waals surface area contributed by atoms with Gasteiger partial charge in [-0.3, -0.25) is 0 Å². The molecule has 1 atom stereocenters. The molecule has 1 N–H and O–H groups in total. The smallest absolute Gasteiger partial charge is 0.123 e. The average molecular weight is 285 g/mol. The summed E-state index contributed by atoms with van der Waals surface area (Å²) in [5.41, 5.74) is 4.74. The molecule has 0 fully saturated rings. The fourth-order valence-electron chi connectivity index (χ4n) is 3.09. The van der Waals surface area contributed by atoms with Gasteiger partial charge in [-0.1, -0.05) is 18.2 Å². The average Bonchev–Trinajstić information content (AvgIpc) is 2.45. The maximum atomic E-state index is 13.5. The second-order valence-corrected chi connectivity index (χ2v) is 5.88. The topological polar surface area (TPSA) is 23.5 Å². The van der Waals surface area contributed by atoms with Crippen LogP contribution in [0.2, 0.25) is 0 Å².